The van der Waals surface area contributed by atoms with Crippen LogP contribution in [0.5, 0.6) is 0 Å². The van der Waals surface area contributed by atoms with Gasteiger partial charge in [-0.1, -0.05) is 6.07 Å². The van der Waals surface area contributed by atoms with Gasteiger partial charge >= 0.3 is 0 Å². The van der Waals surface area contributed by atoms with Gasteiger partial charge < -0.3 is 10.6 Å². The zero-order valence-electron chi connectivity index (χ0n) is 15.8. The van der Waals surface area contributed by atoms with Gasteiger partial charge in [-0.3, -0.25) is 9.59 Å². The van der Waals surface area contributed by atoms with Crippen molar-refractivity contribution >= 4 is 33.2 Å². The molecule has 1 heterocycles. The predicted octanol–water partition coefficient (Wildman–Crippen LogP) is 2.50. The molecule has 2 aromatic carbocycles. The molecule has 0 unspecified atom stereocenters. The molecule has 0 saturated carbocycles. The monoisotopic (exact) mass is 401 g/mol. The molecule has 1 aliphatic heterocycles. The number of aryl methyl sites for hydroxylation is 3. The van der Waals surface area contributed by atoms with Gasteiger partial charge in [-0.15, -0.1) is 0 Å². The van der Waals surface area contributed by atoms with Crippen LogP contribution in [-0.2, 0) is 26.0 Å². The Morgan fingerprint density at radius 2 is 1.79 bits per heavy atom. The van der Waals surface area contributed by atoms with E-state index in [4.69, 9.17) is 0 Å². The normalized spacial score (nSPS) is 13.6. The van der Waals surface area contributed by atoms with E-state index in [9.17, 15) is 18.0 Å². The van der Waals surface area contributed by atoms with E-state index in [0.717, 1.165) is 16.7 Å². The smallest absolute Gasteiger partial charge is 0.240 e. The van der Waals surface area contributed by atoms with Crippen molar-refractivity contribution in [2.24, 2.45) is 0 Å². The fourth-order valence-electron chi connectivity index (χ4n) is 3.18. The summed E-state index contributed by atoms with van der Waals surface area (Å²) in [5, 5.41) is 5.50. The maximum Gasteiger partial charge on any atom is 0.240 e. The highest BCUT2D eigenvalue weighted by atomic mass is 32.2. The zero-order chi connectivity index (χ0) is 20.3. The van der Waals surface area contributed by atoms with Gasteiger partial charge in [-0.05, 0) is 67.3 Å². The molecule has 28 heavy (non-hydrogen) atoms. The van der Waals surface area contributed by atoms with Crippen LogP contribution in [-0.4, -0.2) is 26.8 Å². The number of hydrogen-bond donors (Lipinski definition) is 3. The van der Waals surface area contributed by atoms with E-state index in [1.807, 2.05) is 32.0 Å². The number of sulfonamides is 1. The molecule has 3 rings (SSSR count). The summed E-state index contributed by atoms with van der Waals surface area (Å²) in [6, 6.07) is 10.3. The van der Waals surface area contributed by atoms with Crippen molar-refractivity contribution in [3.8, 4) is 0 Å². The summed E-state index contributed by atoms with van der Waals surface area (Å²) in [6.45, 7) is 3.88. The van der Waals surface area contributed by atoms with Gasteiger partial charge in [0.2, 0.25) is 21.8 Å². The van der Waals surface area contributed by atoms with Gasteiger partial charge in [0.25, 0.3) is 0 Å². The number of benzene rings is 2. The Bertz CT molecular complexity index is 1010. The summed E-state index contributed by atoms with van der Waals surface area (Å²) >= 11 is 0. The van der Waals surface area contributed by atoms with E-state index in [1.165, 1.54) is 6.07 Å². The fraction of sp³-hybridized carbons (Fsp3) is 0.300. The molecule has 0 saturated heterocycles. The van der Waals surface area contributed by atoms with Crippen molar-refractivity contribution < 1.29 is 18.0 Å². The van der Waals surface area contributed by atoms with Crippen molar-refractivity contribution in [3.63, 3.8) is 0 Å². The van der Waals surface area contributed by atoms with E-state index in [1.54, 1.807) is 12.1 Å². The van der Waals surface area contributed by atoms with Crippen LogP contribution in [0.3, 0.4) is 0 Å². The first kappa shape index (κ1) is 20.0. The minimum absolute atomic E-state index is 0.00716. The number of amides is 2. The van der Waals surface area contributed by atoms with Crippen molar-refractivity contribution in [1.82, 2.24) is 4.72 Å². The van der Waals surface area contributed by atoms with Crippen molar-refractivity contribution in [2.75, 3.05) is 17.2 Å². The highest BCUT2D eigenvalue weighted by molar-refractivity contribution is 7.89. The summed E-state index contributed by atoms with van der Waals surface area (Å²) in [5.74, 6) is -0.336. The molecular weight excluding hydrogens is 378 g/mol. The number of anilines is 2. The molecule has 0 atom stereocenters. The lowest BCUT2D eigenvalue weighted by molar-refractivity contribution is -0.117. The van der Waals surface area contributed by atoms with Gasteiger partial charge in [0.05, 0.1) is 4.90 Å². The van der Waals surface area contributed by atoms with Crippen LogP contribution in [0.4, 0.5) is 11.4 Å². The van der Waals surface area contributed by atoms with E-state index < -0.39 is 10.0 Å². The van der Waals surface area contributed by atoms with Gasteiger partial charge in [0.1, 0.15) is 0 Å². The topological polar surface area (TPSA) is 104 Å². The minimum Gasteiger partial charge on any atom is -0.326 e. The summed E-state index contributed by atoms with van der Waals surface area (Å²) in [6.07, 6.45) is 0.860. The second-order valence-electron chi connectivity index (χ2n) is 6.94. The quantitative estimate of drug-likeness (QED) is 0.692. The van der Waals surface area contributed by atoms with Gasteiger partial charge in [0.15, 0.2) is 0 Å². The highest BCUT2D eigenvalue weighted by Crippen LogP contribution is 2.25. The van der Waals surface area contributed by atoms with Crippen LogP contribution >= 0.6 is 0 Å². The van der Waals surface area contributed by atoms with Gasteiger partial charge in [0, 0.05) is 30.8 Å². The van der Waals surface area contributed by atoms with Crippen molar-refractivity contribution in [2.45, 2.75) is 38.0 Å². The van der Waals surface area contributed by atoms with Crippen LogP contribution in [0.25, 0.3) is 0 Å². The molecule has 2 amide bonds. The number of carbonyl (C=O) groups is 2. The maximum absolute atomic E-state index is 12.5. The minimum atomic E-state index is -3.73. The molecule has 3 N–H and O–H groups in total. The zero-order valence-corrected chi connectivity index (χ0v) is 16.7. The van der Waals surface area contributed by atoms with E-state index in [2.05, 4.69) is 15.4 Å². The fourth-order valence-corrected chi connectivity index (χ4v) is 4.26. The first-order valence-corrected chi connectivity index (χ1v) is 10.5. The molecule has 0 spiro atoms. The Balaban J connectivity index is 1.57. The Labute approximate surface area is 164 Å². The van der Waals surface area contributed by atoms with Crippen LogP contribution in [0.2, 0.25) is 0 Å². The standard InChI is InChI=1S/C20H23N3O4S/c1-13-9-14(2)11-16(10-13)22-20(25)7-8-21-28(26,27)17-4-5-18-15(12-17)3-6-19(24)23-18/h4-5,9-12,21H,3,6-8H2,1-2H3,(H,22,25)(H,23,24). The number of rotatable bonds is 6. The molecule has 2 aromatic rings. The largest absolute Gasteiger partial charge is 0.326 e. The molecule has 1 aliphatic rings. The molecule has 0 fully saturated rings. The van der Waals surface area contributed by atoms with Crippen LogP contribution in [0, 0.1) is 13.8 Å². The second-order valence-corrected chi connectivity index (χ2v) is 8.71. The van der Waals surface area contributed by atoms with E-state index in [-0.39, 0.29) is 29.7 Å². The first-order valence-electron chi connectivity index (χ1n) is 9.03. The number of nitrogens with one attached hydrogen (secondary N) is 3. The lowest BCUT2D eigenvalue weighted by atomic mass is 10.0. The molecule has 7 nitrogen and oxygen atoms in total. The molecule has 8 heteroatoms. The van der Waals surface area contributed by atoms with E-state index >= 15 is 0 Å². The SMILES string of the molecule is Cc1cc(C)cc(NC(=O)CCNS(=O)(=O)c2ccc3c(c2)CCC(=O)N3)c1. The van der Waals surface area contributed by atoms with Crippen LogP contribution < -0.4 is 15.4 Å². The molecule has 148 valence electrons. The maximum atomic E-state index is 12.5. The summed E-state index contributed by atoms with van der Waals surface area (Å²) in [4.78, 5) is 23.6. The highest BCUT2D eigenvalue weighted by Gasteiger charge is 2.20. The third kappa shape index (κ3) is 4.96. The third-order valence-electron chi connectivity index (χ3n) is 4.43. The summed E-state index contributed by atoms with van der Waals surface area (Å²) in [7, 11) is -3.73. The van der Waals surface area contributed by atoms with Crippen molar-refractivity contribution in [1.29, 1.82) is 0 Å². The van der Waals surface area contributed by atoms with Crippen LogP contribution in [0.15, 0.2) is 41.3 Å². The van der Waals surface area contributed by atoms with Crippen molar-refractivity contribution in [3.05, 3.63) is 53.1 Å². The summed E-state index contributed by atoms with van der Waals surface area (Å²) in [5.41, 5.74) is 4.21. The number of hydrogen-bond acceptors (Lipinski definition) is 4. The van der Waals surface area contributed by atoms with Gasteiger partial charge in [-0.25, -0.2) is 13.1 Å². The Hall–Kier alpha value is -2.71. The van der Waals surface area contributed by atoms with E-state index in [0.29, 0.717) is 24.2 Å². The lowest BCUT2D eigenvalue weighted by Gasteiger charge is -2.17. The Morgan fingerprint density at radius 3 is 2.50 bits per heavy atom. The lowest BCUT2D eigenvalue weighted by Crippen LogP contribution is -2.28. The third-order valence-corrected chi connectivity index (χ3v) is 5.89. The molecular formula is C20H23N3O4S. The molecule has 0 bridgehead atoms. The first-order chi connectivity index (χ1) is 13.2. The predicted molar refractivity (Wildman–Crippen MR) is 108 cm³/mol. The number of carbonyl (C=O) groups excluding carboxylic acids is 2. The molecule has 0 radical (unpaired) electrons. The average Bonchev–Trinajstić information content (AvgIpc) is 2.60. The van der Waals surface area contributed by atoms with Gasteiger partial charge in [-0.2, -0.15) is 0 Å². The number of fused-ring (bicyclic) bond motifs is 1. The summed E-state index contributed by atoms with van der Waals surface area (Å²) < 4.78 is 27.4. The Kier molecular flexibility index (Phi) is 5.81. The molecule has 0 aromatic heterocycles. The Morgan fingerprint density at radius 1 is 1.07 bits per heavy atom. The average molecular weight is 401 g/mol. The van der Waals surface area contributed by atoms with Crippen LogP contribution in [0.1, 0.15) is 29.5 Å². The second kappa shape index (κ2) is 8.12. The molecule has 0 aliphatic carbocycles.